The number of carbonyl (C=O) groups is 1. The Morgan fingerprint density at radius 3 is 2.37 bits per heavy atom. The predicted molar refractivity (Wildman–Crippen MR) is 111 cm³/mol. The minimum Gasteiger partial charge on any atom is -0.507 e. The van der Waals surface area contributed by atoms with Crippen LogP contribution in [0.4, 0.5) is 0 Å². The number of carboxylic acid groups (broad SMARTS) is 1. The highest BCUT2D eigenvalue weighted by molar-refractivity contribution is 5.94. The van der Waals surface area contributed by atoms with Gasteiger partial charge in [0, 0.05) is 11.5 Å². The first-order valence-corrected chi connectivity index (χ1v) is 9.85. The number of hydrogen-bond acceptors (Lipinski definition) is 3. The zero-order valence-corrected chi connectivity index (χ0v) is 17.1. The second kappa shape index (κ2) is 10.8. The second-order valence-corrected chi connectivity index (χ2v) is 7.49. The van der Waals surface area contributed by atoms with Gasteiger partial charge >= 0.3 is 5.97 Å². The standard InChI is InChI=1S/C23H34O4/c1-6-8-9-11-17-14-19(24)20(22(25)21(17)23(26)27)18(12-15(3)4)13-16(5)10-7-2/h13-14,18,24-25H,3,6-12H2,1-2,4-5H3,(H,26,27)/b16-13-. The third-order valence-corrected chi connectivity index (χ3v) is 4.73. The summed E-state index contributed by atoms with van der Waals surface area (Å²) in [4.78, 5) is 11.8. The smallest absolute Gasteiger partial charge is 0.339 e. The molecule has 1 aromatic rings. The van der Waals surface area contributed by atoms with Crippen molar-refractivity contribution in [3.8, 4) is 11.5 Å². The SMILES string of the molecule is C=C(C)CC(/C=C(/C)CCC)c1c(O)cc(CCCCC)c(C(=O)O)c1O. The van der Waals surface area contributed by atoms with E-state index in [4.69, 9.17) is 0 Å². The fraction of sp³-hybridized carbons (Fsp3) is 0.522. The average Bonchev–Trinajstić information content (AvgIpc) is 2.53. The Morgan fingerprint density at radius 1 is 1.19 bits per heavy atom. The second-order valence-electron chi connectivity index (χ2n) is 7.49. The molecule has 4 heteroatoms. The highest BCUT2D eigenvalue weighted by Gasteiger charge is 2.26. The molecular formula is C23H34O4. The minimum atomic E-state index is -1.16. The first-order valence-electron chi connectivity index (χ1n) is 9.85. The van der Waals surface area contributed by atoms with Gasteiger partial charge in [-0.15, -0.1) is 6.58 Å². The molecule has 0 fully saturated rings. The lowest BCUT2D eigenvalue weighted by atomic mass is 9.86. The van der Waals surface area contributed by atoms with Crippen molar-refractivity contribution in [2.24, 2.45) is 0 Å². The number of phenolic OH excluding ortho intramolecular Hbond substituents is 1. The zero-order chi connectivity index (χ0) is 20.6. The van der Waals surface area contributed by atoms with Crippen LogP contribution in [0.15, 0.2) is 29.9 Å². The summed E-state index contributed by atoms with van der Waals surface area (Å²) in [7, 11) is 0. The van der Waals surface area contributed by atoms with E-state index >= 15 is 0 Å². The van der Waals surface area contributed by atoms with E-state index in [1.807, 2.05) is 19.9 Å². The van der Waals surface area contributed by atoms with E-state index in [0.717, 1.165) is 43.3 Å². The molecule has 0 saturated heterocycles. The number of allylic oxidation sites excluding steroid dienone is 3. The van der Waals surface area contributed by atoms with Gasteiger partial charge in [-0.3, -0.25) is 0 Å². The number of phenols is 2. The maximum absolute atomic E-state index is 11.8. The summed E-state index contributed by atoms with van der Waals surface area (Å²) >= 11 is 0. The van der Waals surface area contributed by atoms with E-state index in [0.29, 0.717) is 18.4 Å². The number of aryl methyl sites for hydroxylation is 1. The fourth-order valence-electron chi connectivity index (χ4n) is 3.53. The van der Waals surface area contributed by atoms with Gasteiger partial charge in [0.15, 0.2) is 0 Å². The Morgan fingerprint density at radius 2 is 1.85 bits per heavy atom. The quantitative estimate of drug-likeness (QED) is 0.312. The number of aromatic carboxylic acids is 1. The lowest BCUT2D eigenvalue weighted by Gasteiger charge is -2.21. The molecule has 0 aliphatic rings. The van der Waals surface area contributed by atoms with Crippen LogP contribution in [0.3, 0.4) is 0 Å². The van der Waals surface area contributed by atoms with E-state index in [-0.39, 0.29) is 28.5 Å². The van der Waals surface area contributed by atoms with Gasteiger partial charge in [-0.25, -0.2) is 4.79 Å². The topological polar surface area (TPSA) is 77.8 Å². The highest BCUT2D eigenvalue weighted by Crippen LogP contribution is 2.42. The highest BCUT2D eigenvalue weighted by atomic mass is 16.4. The van der Waals surface area contributed by atoms with Crippen LogP contribution in [-0.2, 0) is 6.42 Å². The number of benzene rings is 1. The molecule has 1 aromatic carbocycles. The molecule has 0 radical (unpaired) electrons. The molecule has 0 heterocycles. The summed E-state index contributed by atoms with van der Waals surface area (Å²) < 4.78 is 0. The van der Waals surface area contributed by atoms with E-state index in [1.165, 1.54) is 6.07 Å². The molecule has 0 bridgehead atoms. The maximum atomic E-state index is 11.8. The number of carboxylic acids is 1. The van der Waals surface area contributed by atoms with Gasteiger partial charge in [0.1, 0.15) is 17.1 Å². The molecule has 0 spiro atoms. The minimum absolute atomic E-state index is 0.0456. The van der Waals surface area contributed by atoms with E-state index in [1.54, 1.807) is 0 Å². The van der Waals surface area contributed by atoms with Crippen LogP contribution in [0.2, 0.25) is 0 Å². The zero-order valence-electron chi connectivity index (χ0n) is 17.1. The first-order chi connectivity index (χ1) is 12.7. The molecule has 4 nitrogen and oxygen atoms in total. The lowest BCUT2D eigenvalue weighted by molar-refractivity contribution is 0.0692. The van der Waals surface area contributed by atoms with Crippen LogP contribution in [0.25, 0.3) is 0 Å². The molecule has 0 aliphatic heterocycles. The molecule has 1 unspecified atom stereocenters. The normalized spacial score (nSPS) is 12.8. The number of unbranched alkanes of at least 4 members (excludes halogenated alkanes) is 2. The summed E-state index contributed by atoms with van der Waals surface area (Å²) in [6, 6.07) is 1.52. The Kier molecular flexibility index (Phi) is 9.13. The molecule has 1 atom stereocenters. The average molecular weight is 375 g/mol. The molecule has 1 rings (SSSR count). The van der Waals surface area contributed by atoms with Crippen LogP contribution < -0.4 is 0 Å². The van der Waals surface area contributed by atoms with Crippen LogP contribution in [0, 0.1) is 0 Å². The van der Waals surface area contributed by atoms with Gasteiger partial charge in [0.25, 0.3) is 0 Å². The third-order valence-electron chi connectivity index (χ3n) is 4.73. The van der Waals surface area contributed by atoms with Crippen molar-refractivity contribution >= 4 is 5.97 Å². The maximum Gasteiger partial charge on any atom is 0.339 e. The van der Waals surface area contributed by atoms with Crippen LogP contribution in [0.5, 0.6) is 11.5 Å². The summed E-state index contributed by atoms with van der Waals surface area (Å²) in [6.07, 6.45) is 7.78. The summed E-state index contributed by atoms with van der Waals surface area (Å²) in [5.41, 5.74) is 2.73. The van der Waals surface area contributed by atoms with Crippen LogP contribution in [0.1, 0.15) is 93.6 Å². The molecule has 0 saturated carbocycles. The Bertz CT molecular complexity index is 701. The van der Waals surface area contributed by atoms with Gasteiger partial charge in [-0.2, -0.15) is 0 Å². The molecule has 0 aromatic heterocycles. The van der Waals surface area contributed by atoms with Gasteiger partial charge < -0.3 is 15.3 Å². The molecule has 0 amide bonds. The Hall–Kier alpha value is -2.23. The van der Waals surface area contributed by atoms with Gasteiger partial charge in [0.05, 0.1) is 0 Å². The van der Waals surface area contributed by atoms with Crippen LogP contribution >= 0.6 is 0 Å². The van der Waals surface area contributed by atoms with Crippen molar-refractivity contribution in [1.82, 2.24) is 0 Å². The van der Waals surface area contributed by atoms with E-state index in [2.05, 4.69) is 20.4 Å². The van der Waals surface area contributed by atoms with Crippen molar-refractivity contribution in [1.29, 1.82) is 0 Å². The van der Waals surface area contributed by atoms with Crippen molar-refractivity contribution in [3.63, 3.8) is 0 Å². The van der Waals surface area contributed by atoms with Crippen molar-refractivity contribution < 1.29 is 20.1 Å². The lowest BCUT2D eigenvalue weighted by Crippen LogP contribution is -2.08. The fourth-order valence-corrected chi connectivity index (χ4v) is 3.53. The van der Waals surface area contributed by atoms with Gasteiger partial charge in [-0.05, 0) is 51.2 Å². The number of hydrogen-bond donors (Lipinski definition) is 3. The number of rotatable bonds is 11. The van der Waals surface area contributed by atoms with E-state index in [9.17, 15) is 20.1 Å². The summed E-state index contributed by atoms with van der Waals surface area (Å²) in [6.45, 7) is 12.0. The van der Waals surface area contributed by atoms with E-state index < -0.39 is 5.97 Å². The molecule has 3 N–H and O–H groups in total. The Labute approximate surface area is 163 Å². The molecular weight excluding hydrogens is 340 g/mol. The van der Waals surface area contributed by atoms with Gasteiger partial charge in [-0.1, -0.05) is 50.3 Å². The van der Waals surface area contributed by atoms with Crippen LogP contribution in [-0.4, -0.2) is 21.3 Å². The monoisotopic (exact) mass is 374 g/mol. The molecule has 27 heavy (non-hydrogen) atoms. The molecule has 0 aliphatic carbocycles. The molecule has 150 valence electrons. The summed E-state index contributed by atoms with van der Waals surface area (Å²) in [5, 5.41) is 31.1. The predicted octanol–water partition coefficient (Wildman–Crippen LogP) is 6.32. The van der Waals surface area contributed by atoms with Crippen molar-refractivity contribution in [2.45, 2.75) is 78.6 Å². The van der Waals surface area contributed by atoms with Crippen molar-refractivity contribution in [2.75, 3.05) is 0 Å². The first kappa shape index (κ1) is 22.8. The number of aromatic hydroxyl groups is 2. The largest absolute Gasteiger partial charge is 0.507 e. The third kappa shape index (κ3) is 6.46. The Balaban J connectivity index is 3.49. The van der Waals surface area contributed by atoms with Crippen molar-refractivity contribution in [3.05, 3.63) is 46.6 Å². The summed E-state index contributed by atoms with van der Waals surface area (Å²) in [5.74, 6) is -1.84. The van der Waals surface area contributed by atoms with Gasteiger partial charge in [0.2, 0.25) is 0 Å².